The normalized spacial score (nSPS) is 19.7. The molecule has 0 bridgehead atoms. The van der Waals surface area contributed by atoms with Gasteiger partial charge in [-0.05, 0) is 37.1 Å². The molecule has 1 fully saturated rings. The summed E-state index contributed by atoms with van der Waals surface area (Å²) in [5.74, 6) is -1.62. The lowest BCUT2D eigenvalue weighted by atomic mass is 9.89. The number of phenolic OH excluding ortho intramolecular Hbond substituents is 2. The first-order chi connectivity index (χ1) is 12.5. The Morgan fingerprint density at radius 3 is 1.77 bits per heavy atom. The molecular weight excluding hydrogens is 332 g/mol. The number of benzene rings is 2. The fourth-order valence-electron chi connectivity index (χ4n) is 3.42. The number of phenols is 2. The van der Waals surface area contributed by atoms with Crippen LogP contribution in [0.3, 0.4) is 0 Å². The van der Waals surface area contributed by atoms with Crippen LogP contribution < -0.4 is 5.73 Å². The molecule has 0 radical (unpaired) electrons. The average molecular weight is 354 g/mol. The van der Waals surface area contributed by atoms with Crippen molar-refractivity contribution in [2.75, 3.05) is 0 Å². The lowest BCUT2D eigenvalue weighted by Crippen LogP contribution is -2.54. The quantitative estimate of drug-likeness (QED) is 0.735. The van der Waals surface area contributed by atoms with E-state index in [1.54, 1.807) is 24.3 Å². The molecule has 2 amide bonds. The first-order valence-corrected chi connectivity index (χ1v) is 8.70. The van der Waals surface area contributed by atoms with Gasteiger partial charge in [0.2, 0.25) is 0 Å². The summed E-state index contributed by atoms with van der Waals surface area (Å²) < 4.78 is 0. The fraction of sp³-hybridized carbons (Fsp3) is 0.300. The second-order valence-corrected chi connectivity index (χ2v) is 6.53. The van der Waals surface area contributed by atoms with Gasteiger partial charge in [0.15, 0.2) is 0 Å². The van der Waals surface area contributed by atoms with Gasteiger partial charge in [-0.3, -0.25) is 14.5 Å². The van der Waals surface area contributed by atoms with E-state index in [0.717, 1.165) is 17.7 Å². The third kappa shape index (κ3) is 3.41. The lowest BCUT2D eigenvalue weighted by Gasteiger charge is -2.37. The third-order valence-corrected chi connectivity index (χ3v) is 4.82. The van der Waals surface area contributed by atoms with Gasteiger partial charge in [-0.15, -0.1) is 0 Å². The molecule has 4 N–H and O–H groups in total. The van der Waals surface area contributed by atoms with E-state index in [9.17, 15) is 19.8 Å². The monoisotopic (exact) mass is 354 g/mol. The molecule has 2 aromatic carbocycles. The molecule has 2 unspecified atom stereocenters. The molecule has 26 heavy (non-hydrogen) atoms. The Hall–Kier alpha value is -2.86. The first kappa shape index (κ1) is 17.9. The van der Waals surface area contributed by atoms with Crippen LogP contribution in [0.1, 0.15) is 46.4 Å². The number of carbonyl (C=O) groups excluding carboxylic acids is 2. The van der Waals surface area contributed by atoms with Crippen LogP contribution >= 0.6 is 0 Å². The zero-order valence-electron chi connectivity index (χ0n) is 14.3. The van der Waals surface area contributed by atoms with E-state index in [0.29, 0.717) is 12.8 Å². The molecule has 0 saturated heterocycles. The molecule has 0 spiro atoms. The fourth-order valence-corrected chi connectivity index (χ4v) is 3.42. The van der Waals surface area contributed by atoms with Gasteiger partial charge in [-0.2, -0.15) is 0 Å². The van der Waals surface area contributed by atoms with E-state index in [2.05, 4.69) is 0 Å². The molecular formula is C20H22N2O4. The molecule has 0 aromatic heterocycles. The number of carbonyl (C=O) groups is 2. The van der Waals surface area contributed by atoms with Crippen LogP contribution in [0.25, 0.3) is 0 Å². The van der Waals surface area contributed by atoms with Gasteiger partial charge < -0.3 is 15.9 Å². The molecule has 6 heteroatoms. The van der Waals surface area contributed by atoms with Gasteiger partial charge >= 0.3 is 0 Å². The highest BCUT2D eigenvalue weighted by atomic mass is 16.3. The highest BCUT2D eigenvalue weighted by Crippen LogP contribution is 2.29. The average Bonchev–Trinajstić information content (AvgIpc) is 2.64. The first-order valence-electron chi connectivity index (χ1n) is 8.70. The van der Waals surface area contributed by atoms with Crippen LogP contribution in [0.2, 0.25) is 0 Å². The molecule has 6 nitrogen and oxygen atoms in total. The van der Waals surface area contributed by atoms with Crippen molar-refractivity contribution < 1.29 is 19.8 Å². The van der Waals surface area contributed by atoms with Crippen LogP contribution in [0, 0.1) is 0 Å². The highest BCUT2D eigenvalue weighted by Gasteiger charge is 2.37. The highest BCUT2D eigenvalue weighted by molar-refractivity contribution is 6.12. The van der Waals surface area contributed by atoms with Crippen molar-refractivity contribution in [3.63, 3.8) is 0 Å². The third-order valence-electron chi connectivity index (χ3n) is 4.82. The number of amides is 2. The smallest absolute Gasteiger partial charge is 0.264 e. The van der Waals surface area contributed by atoms with Crippen molar-refractivity contribution in [3.8, 4) is 11.5 Å². The van der Waals surface area contributed by atoms with Crippen LogP contribution in [-0.2, 0) is 0 Å². The van der Waals surface area contributed by atoms with Crippen molar-refractivity contribution in [3.05, 3.63) is 59.7 Å². The second-order valence-electron chi connectivity index (χ2n) is 6.53. The minimum Gasteiger partial charge on any atom is -0.507 e. The van der Waals surface area contributed by atoms with Gasteiger partial charge in [0.1, 0.15) is 11.5 Å². The Morgan fingerprint density at radius 2 is 1.31 bits per heavy atom. The van der Waals surface area contributed by atoms with E-state index in [1.165, 1.54) is 24.3 Å². The number of nitrogens with two attached hydrogens (primary N) is 1. The second kappa shape index (κ2) is 7.58. The topological polar surface area (TPSA) is 104 Å². The maximum Gasteiger partial charge on any atom is 0.264 e. The van der Waals surface area contributed by atoms with Crippen molar-refractivity contribution >= 4 is 11.8 Å². The Morgan fingerprint density at radius 1 is 0.846 bits per heavy atom. The molecule has 0 aliphatic heterocycles. The van der Waals surface area contributed by atoms with E-state index < -0.39 is 17.9 Å². The van der Waals surface area contributed by atoms with E-state index in [4.69, 9.17) is 5.73 Å². The van der Waals surface area contributed by atoms with Gasteiger partial charge in [0.05, 0.1) is 17.2 Å². The van der Waals surface area contributed by atoms with Gasteiger partial charge in [-0.1, -0.05) is 37.1 Å². The molecule has 2 aromatic rings. The Balaban J connectivity index is 2.05. The number of hydrogen-bond donors (Lipinski definition) is 3. The number of imide groups is 1. The molecule has 136 valence electrons. The Kier molecular flexibility index (Phi) is 5.23. The van der Waals surface area contributed by atoms with E-state index in [-0.39, 0.29) is 28.7 Å². The van der Waals surface area contributed by atoms with Gasteiger partial charge in [0, 0.05) is 6.04 Å². The summed E-state index contributed by atoms with van der Waals surface area (Å²) in [4.78, 5) is 27.4. The molecule has 0 heterocycles. The SMILES string of the molecule is NC1CCCCC1N(C(=O)c1ccccc1O)C(=O)c1ccccc1O. The van der Waals surface area contributed by atoms with Gasteiger partial charge in [-0.25, -0.2) is 0 Å². The summed E-state index contributed by atoms with van der Waals surface area (Å²) in [7, 11) is 0. The number of hydrogen-bond acceptors (Lipinski definition) is 5. The predicted octanol–water partition coefficient (Wildman–Crippen LogP) is 2.65. The number of nitrogens with zero attached hydrogens (tertiary/aromatic N) is 1. The summed E-state index contributed by atoms with van der Waals surface area (Å²) in [5.41, 5.74) is 6.29. The summed E-state index contributed by atoms with van der Waals surface area (Å²) in [6.07, 6.45) is 3.11. The molecule has 2 atom stereocenters. The van der Waals surface area contributed by atoms with Crippen molar-refractivity contribution in [1.29, 1.82) is 0 Å². The number of aromatic hydroxyl groups is 2. The predicted molar refractivity (Wildman–Crippen MR) is 96.9 cm³/mol. The maximum absolute atomic E-state index is 13.1. The van der Waals surface area contributed by atoms with Crippen molar-refractivity contribution in [1.82, 2.24) is 4.90 Å². The minimum absolute atomic E-state index is 0.0362. The number of rotatable bonds is 3. The molecule has 1 aliphatic carbocycles. The van der Waals surface area contributed by atoms with Crippen LogP contribution in [-0.4, -0.2) is 39.0 Å². The molecule has 3 rings (SSSR count). The van der Waals surface area contributed by atoms with Crippen LogP contribution in [0.5, 0.6) is 11.5 Å². The van der Waals surface area contributed by atoms with Crippen molar-refractivity contribution in [2.45, 2.75) is 37.8 Å². The molecule has 1 aliphatic rings. The van der Waals surface area contributed by atoms with Crippen LogP contribution in [0.4, 0.5) is 0 Å². The van der Waals surface area contributed by atoms with Crippen LogP contribution in [0.15, 0.2) is 48.5 Å². The van der Waals surface area contributed by atoms with E-state index in [1.807, 2.05) is 0 Å². The standard InChI is InChI=1S/C20H22N2O4/c21-15-9-3-4-10-16(15)22(19(25)13-7-1-5-11-17(13)23)20(26)14-8-2-6-12-18(14)24/h1-2,5-8,11-12,15-16,23-24H,3-4,9-10,21H2. The van der Waals surface area contributed by atoms with E-state index >= 15 is 0 Å². The zero-order valence-corrected chi connectivity index (χ0v) is 14.3. The lowest BCUT2D eigenvalue weighted by molar-refractivity contribution is 0.0482. The Labute approximate surface area is 151 Å². The van der Waals surface area contributed by atoms with Crippen molar-refractivity contribution in [2.24, 2.45) is 5.73 Å². The minimum atomic E-state index is -0.612. The Bertz CT molecular complexity index is 763. The summed E-state index contributed by atoms with van der Waals surface area (Å²) >= 11 is 0. The largest absolute Gasteiger partial charge is 0.507 e. The summed E-state index contributed by atoms with van der Waals surface area (Å²) in [6.45, 7) is 0. The van der Waals surface area contributed by atoms with Gasteiger partial charge in [0.25, 0.3) is 11.8 Å². The summed E-state index contributed by atoms with van der Waals surface area (Å²) in [6, 6.07) is 11.4. The zero-order chi connectivity index (χ0) is 18.7. The maximum atomic E-state index is 13.1. The molecule has 1 saturated carbocycles. The summed E-state index contributed by atoms with van der Waals surface area (Å²) in [5, 5.41) is 20.1. The number of para-hydroxylation sites is 2.